The first-order chi connectivity index (χ1) is 13.1. The largest absolute Gasteiger partial charge is 0.493 e. The summed E-state index contributed by atoms with van der Waals surface area (Å²) in [6.07, 6.45) is 1.18. The Kier molecular flexibility index (Phi) is 6.35. The lowest BCUT2D eigenvalue weighted by atomic mass is 10.0. The van der Waals surface area contributed by atoms with Crippen LogP contribution in [0.5, 0.6) is 11.5 Å². The minimum Gasteiger partial charge on any atom is -0.493 e. The third-order valence-corrected chi connectivity index (χ3v) is 4.94. The van der Waals surface area contributed by atoms with Crippen LogP contribution in [0.3, 0.4) is 0 Å². The Bertz CT molecular complexity index is 762. The summed E-state index contributed by atoms with van der Waals surface area (Å²) in [5.41, 5.74) is 2.14. The molecule has 2 aromatic carbocycles. The maximum Gasteiger partial charge on any atom is 0.227 e. The second-order valence-electron chi connectivity index (χ2n) is 6.91. The second-order valence-corrected chi connectivity index (χ2v) is 6.91. The highest BCUT2D eigenvalue weighted by Crippen LogP contribution is 2.28. The molecular formula is C22H27NO4. The van der Waals surface area contributed by atoms with E-state index in [-0.39, 0.29) is 18.1 Å². The van der Waals surface area contributed by atoms with Crippen LogP contribution in [-0.4, -0.2) is 50.3 Å². The third-order valence-electron chi connectivity index (χ3n) is 4.94. The van der Waals surface area contributed by atoms with Crippen molar-refractivity contribution in [2.24, 2.45) is 0 Å². The van der Waals surface area contributed by atoms with Gasteiger partial charge in [0.1, 0.15) is 0 Å². The van der Waals surface area contributed by atoms with Crippen molar-refractivity contribution >= 4 is 5.91 Å². The maximum absolute atomic E-state index is 12.9. The Balaban J connectivity index is 1.65. The lowest BCUT2D eigenvalue weighted by molar-refractivity contribution is -0.143. The van der Waals surface area contributed by atoms with E-state index >= 15 is 0 Å². The molecule has 1 fully saturated rings. The fraction of sp³-hybridized carbons (Fsp3) is 0.409. The average Bonchev–Trinajstić information content (AvgIpc) is 2.70. The predicted octanol–water partition coefficient (Wildman–Crippen LogP) is 3.10. The molecule has 2 atom stereocenters. The Morgan fingerprint density at radius 1 is 1.07 bits per heavy atom. The molecule has 2 unspecified atom stereocenters. The molecule has 1 aliphatic heterocycles. The van der Waals surface area contributed by atoms with Gasteiger partial charge in [0.05, 0.1) is 39.4 Å². The van der Waals surface area contributed by atoms with Gasteiger partial charge in [0, 0.05) is 13.0 Å². The highest BCUT2D eigenvalue weighted by molar-refractivity contribution is 5.79. The molecule has 27 heavy (non-hydrogen) atoms. The van der Waals surface area contributed by atoms with E-state index in [1.807, 2.05) is 48.2 Å². The van der Waals surface area contributed by atoms with E-state index in [1.165, 1.54) is 5.56 Å². The first kappa shape index (κ1) is 19.2. The molecule has 144 valence electrons. The van der Waals surface area contributed by atoms with Crippen LogP contribution in [-0.2, 0) is 22.4 Å². The second kappa shape index (κ2) is 8.91. The minimum atomic E-state index is 0.0259. The van der Waals surface area contributed by atoms with Crippen LogP contribution in [0.25, 0.3) is 0 Å². The average molecular weight is 369 g/mol. The number of carbonyl (C=O) groups is 1. The first-order valence-corrected chi connectivity index (χ1v) is 9.26. The quantitative estimate of drug-likeness (QED) is 0.785. The van der Waals surface area contributed by atoms with E-state index in [0.29, 0.717) is 31.1 Å². The lowest BCUT2D eigenvalue weighted by Gasteiger charge is -2.38. The number of hydrogen-bond donors (Lipinski definition) is 0. The lowest BCUT2D eigenvalue weighted by Crippen LogP contribution is -2.52. The van der Waals surface area contributed by atoms with E-state index in [0.717, 1.165) is 12.0 Å². The highest BCUT2D eigenvalue weighted by atomic mass is 16.5. The van der Waals surface area contributed by atoms with Crippen LogP contribution in [0.1, 0.15) is 18.1 Å². The van der Waals surface area contributed by atoms with E-state index in [2.05, 4.69) is 12.1 Å². The van der Waals surface area contributed by atoms with Crippen LogP contribution in [0, 0.1) is 0 Å². The van der Waals surface area contributed by atoms with Gasteiger partial charge in [-0.15, -0.1) is 0 Å². The van der Waals surface area contributed by atoms with E-state index in [1.54, 1.807) is 14.2 Å². The van der Waals surface area contributed by atoms with Crippen LogP contribution < -0.4 is 9.47 Å². The van der Waals surface area contributed by atoms with Gasteiger partial charge in [-0.25, -0.2) is 0 Å². The van der Waals surface area contributed by atoms with Gasteiger partial charge in [0.2, 0.25) is 5.91 Å². The summed E-state index contributed by atoms with van der Waals surface area (Å²) < 4.78 is 16.6. The molecule has 0 radical (unpaired) electrons. The number of methoxy groups -OCH3 is 2. The Hall–Kier alpha value is -2.53. The summed E-state index contributed by atoms with van der Waals surface area (Å²) in [4.78, 5) is 14.9. The van der Waals surface area contributed by atoms with E-state index < -0.39 is 0 Å². The molecule has 1 heterocycles. The van der Waals surface area contributed by atoms with Crippen LogP contribution in [0.15, 0.2) is 48.5 Å². The van der Waals surface area contributed by atoms with Crippen LogP contribution >= 0.6 is 0 Å². The zero-order chi connectivity index (χ0) is 19.2. The number of rotatable bonds is 6. The summed E-state index contributed by atoms with van der Waals surface area (Å²) in [5, 5.41) is 0. The molecule has 0 spiro atoms. The number of benzene rings is 2. The van der Waals surface area contributed by atoms with Crippen molar-refractivity contribution in [3.05, 3.63) is 59.7 Å². The summed E-state index contributed by atoms with van der Waals surface area (Å²) in [6, 6.07) is 15.9. The van der Waals surface area contributed by atoms with Crippen molar-refractivity contribution in [3.63, 3.8) is 0 Å². The Labute approximate surface area is 160 Å². The van der Waals surface area contributed by atoms with E-state index in [9.17, 15) is 4.79 Å². The molecule has 2 aromatic rings. The summed E-state index contributed by atoms with van der Waals surface area (Å²) in [5.74, 6) is 1.41. The first-order valence-electron chi connectivity index (χ1n) is 9.26. The molecule has 0 saturated carbocycles. The molecule has 5 nitrogen and oxygen atoms in total. The molecule has 0 aromatic heterocycles. The molecule has 1 amide bonds. The molecule has 5 heteroatoms. The van der Waals surface area contributed by atoms with Crippen molar-refractivity contribution in [2.75, 3.05) is 27.4 Å². The molecule has 3 rings (SSSR count). The predicted molar refractivity (Wildman–Crippen MR) is 104 cm³/mol. The molecular weight excluding hydrogens is 342 g/mol. The van der Waals surface area contributed by atoms with Crippen LogP contribution in [0.4, 0.5) is 0 Å². The van der Waals surface area contributed by atoms with Crippen molar-refractivity contribution < 1.29 is 19.0 Å². The fourth-order valence-corrected chi connectivity index (χ4v) is 3.43. The van der Waals surface area contributed by atoms with E-state index in [4.69, 9.17) is 14.2 Å². The van der Waals surface area contributed by atoms with Gasteiger partial charge < -0.3 is 19.1 Å². The summed E-state index contributed by atoms with van der Waals surface area (Å²) >= 11 is 0. The van der Waals surface area contributed by atoms with Crippen molar-refractivity contribution in [1.29, 1.82) is 0 Å². The Morgan fingerprint density at radius 2 is 1.81 bits per heavy atom. The molecule has 1 saturated heterocycles. The number of ether oxygens (including phenoxy) is 3. The summed E-state index contributed by atoms with van der Waals surface area (Å²) in [6.45, 7) is 3.21. The van der Waals surface area contributed by atoms with Crippen LogP contribution in [0.2, 0.25) is 0 Å². The zero-order valence-corrected chi connectivity index (χ0v) is 16.2. The topological polar surface area (TPSA) is 48.0 Å². The normalized spacial score (nSPS) is 19.6. The zero-order valence-electron chi connectivity index (χ0n) is 16.2. The van der Waals surface area contributed by atoms with Gasteiger partial charge >= 0.3 is 0 Å². The van der Waals surface area contributed by atoms with Gasteiger partial charge in [0.25, 0.3) is 0 Å². The van der Waals surface area contributed by atoms with Gasteiger partial charge in [-0.05, 0) is 30.2 Å². The standard InChI is InChI=1S/C22H27NO4/c1-16-15-27-19(11-17-7-5-4-6-8-17)14-23(16)22(24)13-18-9-10-20(25-2)21(12-18)26-3/h4-10,12,16,19H,11,13-15H2,1-3H3. The molecule has 0 N–H and O–H groups in total. The maximum atomic E-state index is 12.9. The smallest absolute Gasteiger partial charge is 0.227 e. The van der Waals surface area contributed by atoms with Crippen molar-refractivity contribution in [1.82, 2.24) is 4.90 Å². The van der Waals surface area contributed by atoms with Crippen molar-refractivity contribution in [3.8, 4) is 11.5 Å². The van der Waals surface area contributed by atoms with Gasteiger partial charge in [-0.2, -0.15) is 0 Å². The molecule has 1 aliphatic rings. The minimum absolute atomic E-state index is 0.0259. The monoisotopic (exact) mass is 369 g/mol. The fourth-order valence-electron chi connectivity index (χ4n) is 3.43. The highest BCUT2D eigenvalue weighted by Gasteiger charge is 2.29. The Morgan fingerprint density at radius 3 is 2.52 bits per heavy atom. The van der Waals surface area contributed by atoms with Gasteiger partial charge in [-0.3, -0.25) is 4.79 Å². The summed E-state index contributed by atoms with van der Waals surface area (Å²) in [7, 11) is 3.20. The molecule has 0 bridgehead atoms. The number of nitrogens with zero attached hydrogens (tertiary/aromatic N) is 1. The van der Waals surface area contributed by atoms with Gasteiger partial charge in [-0.1, -0.05) is 36.4 Å². The number of carbonyl (C=O) groups excluding carboxylic acids is 1. The van der Waals surface area contributed by atoms with Crippen molar-refractivity contribution in [2.45, 2.75) is 31.9 Å². The third kappa shape index (κ3) is 4.80. The molecule has 0 aliphatic carbocycles. The number of hydrogen-bond acceptors (Lipinski definition) is 4. The number of morpholine rings is 1. The number of amides is 1. The van der Waals surface area contributed by atoms with Gasteiger partial charge in [0.15, 0.2) is 11.5 Å². The SMILES string of the molecule is COc1ccc(CC(=O)N2CC(Cc3ccccc3)OCC2C)cc1OC.